The lowest BCUT2D eigenvalue weighted by Gasteiger charge is -2.27. The summed E-state index contributed by atoms with van der Waals surface area (Å²) in [6.07, 6.45) is 4.98. The van der Waals surface area contributed by atoms with Crippen LogP contribution in [-0.4, -0.2) is 42.7 Å². The van der Waals surface area contributed by atoms with Crippen molar-refractivity contribution >= 4 is 67.3 Å². The summed E-state index contributed by atoms with van der Waals surface area (Å²) in [5.41, 5.74) is 1.19. The molecule has 2 aromatic carbocycles. The van der Waals surface area contributed by atoms with E-state index < -0.39 is 11.9 Å². The number of hydrogen-bond acceptors (Lipinski definition) is 12. The zero-order valence-corrected chi connectivity index (χ0v) is 25.1. The van der Waals surface area contributed by atoms with E-state index in [1.165, 1.54) is 24.5 Å². The zero-order chi connectivity index (χ0) is 31.1. The van der Waals surface area contributed by atoms with Crippen molar-refractivity contribution in [1.29, 1.82) is 5.26 Å². The minimum atomic E-state index is -0.736. The molecular weight excluding hydrogens is 584 g/mol. The number of azo groups is 1. The fourth-order valence-corrected chi connectivity index (χ4v) is 5.60. The molecule has 1 fully saturated rings. The lowest BCUT2D eigenvalue weighted by molar-refractivity contribution is -0.152. The van der Waals surface area contributed by atoms with Gasteiger partial charge in [0.15, 0.2) is 0 Å². The van der Waals surface area contributed by atoms with Crippen molar-refractivity contribution in [2.24, 2.45) is 16.1 Å². The molecule has 0 bridgehead atoms. The molecule has 1 aliphatic carbocycles. The van der Waals surface area contributed by atoms with E-state index in [1.54, 1.807) is 24.3 Å². The molecular formula is C32H30N4O7S. The van der Waals surface area contributed by atoms with Gasteiger partial charge in [0.05, 0.1) is 35.6 Å². The van der Waals surface area contributed by atoms with Gasteiger partial charge in [-0.2, -0.15) is 10.2 Å². The van der Waals surface area contributed by atoms with Gasteiger partial charge in [-0.25, -0.2) is 9.59 Å². The van der Waals surface area contributed by atoms with Gasteiger partial charge in [-0.1, -0.05) is 36.8 Å². The number of esters is 3. The van der Waals surface area contributed by atoms with Gasteiger partial charge in [0.2, 0.25) is 10.8 Å². The van der Waals surface area contributed by atoms with E-state index in [0.29, 0.717) is 59.1 Å². The van der Waals surface area contributed by atoms with Crippen LogP contribution in [0.4, 0.5) is 10.8 Å². The number of rotatable bonds is 10. The third kappa shape index (κ3) is 7.36. The molecule has 4 aromatic rings. The molecule has 0 spiro atoms. The predicted octanol–water partition coefficient (Wildman–Crippen LogP) is 7.60. The maximum atomic E-state index is 12.7. The fraction of sp³-hybridized carbons (Fsp3) is 0.344. The van der Waals surface area contributed by atoms with Gasteiger partial charge in [-0.05, 0) is 67.1 Å². The number of nitrogens with zero attached hydrogens (tertiary/aromatic N) is 4. The minimum Gasteiger partial charge on any atom is -0.465 e. The first-order valence-corrected chi connectivity index (χ1v) is 15.1. The topological polar surface area (TPSA) is 153 Å². The molecule has 5 rings (SSSR count). The molecule has 0 aliphatic heterocycles. The van der Waals surface area contributed by atoms with E-state index in [4.69, 9.17) is 18.6 Å². The van der Waals surface area contributed by atoms with Crippen molar-refractivity contribution in [3.63, 3.8) is 0 Å². The molecule has 12 heteroatoms. The van der Waals surface area contributed by atoms with Crippen molar-refractivity contribution in [2.45, 2.75) is 51.6 Å². The summed E-state index contributed by atoms with van der Waals surface area (Å²) in [5, 5.41) is 20.2. The lowest BCUT2D eigenvalue weighted by Crippen LogP contribution is -2.29. The van der Waals surface area contributed by atoms with Crippen molar-refractivity contribution < 1.29 is 33.0 Å². The van der Waals surface area contributed by atoms with Gasteiger partial charge < -0.3 is 18.6 Å². The third-order valence-electron chi connectivity index (χ3n) is 7.24. The molecule has 1 aliphatic rings. The smallest absolute Gasteiger partial charge is 0.349 e. The van der Waals surface area contributed by atoms with Crippen molar-refractivity contribution in [2.75, 3.05) is 13.7 Å². The molecule has 0 N–H and O–H groups in total. The summed E-state index contributed by atoms with van der Waals surface area (Å²) in [6.45, 7) is 2.47. The fourth-order valence-electron chi connectivity index (χ4n) is 4.84. The van der Waals surface area contributed by atoms with Crippen LogP contribution in [-0.2, 0) is 23.8 Å². The first-order chi connectivity index (χ1) is 21.4. The summed E-state index contributed by atoms with van der Waals surface area (Å²) in [4.78, 5) is 41.0. The predicted molar refractivity (Wildman–Crippen MR) is 163 cm³/mol. The molecule has 0 atom stereocenters. The molecule has 1 saturated carbocycles. The second-order valence-electron chi connectivity index (χ2n) is 10.3. The first kappa shape index (κ1) is 30.6. The van der Waals surface area contributed by atoms with Gasteiger partial charge in [0.25, 0.3) is 0 Å². The largest absolute Gasteiger partial charge is 0.465 e. The lowest BCUT2D eigenvalue weighted by atomic mass is 9.87. The molecule has 11 nitrogen and oxygen atoms in total. The van der Waals surface area contributed by atoms with Crippen LogP contribution >= 0.6 is 11.3 Å². The van der Waals surface area contributed by atoms with E-state index in [1.807, 2.05) is 31.2 Å². The highest BCUT2D eigenvalue weighted by Gasteiger charge is 2.30. The molecule has 0 unspecified atom stereocenters. The Kier molecular flexibility index (Phi) is 9.76. The van der Waals surface area contributed by atoms with Crippen LogP contribution in [0.1, 0.15) is 61.6 Å². The molecule has 0 radical (unpaired) electrons. The summed E-state index contributed by atoms with van der Waals surface area (Å²) < 4.78 is 22.0. The van der Waals surface area contributed by atoms with Crippen LogP contribution in [0.3, 0.4) is 0 Å². The number of thiazole rings is 1. The molecule has 2 heterocycles. The van der Waals surface area contributed by atoms with Crippen molar-refractivity contribution in [3.05, 3.63) is 59.4 Å². The number of ether oxygens (including phenoxy) is 3. The van der Waals surface area contributed by atoms with Gasteiger partial charge >= 0.3 is 17.9 Å². The number of hydrogen-bond donors (Lipinski definition) is 0. The van der Waals surface area contributed by atoms with Crippen LogP contribution in [0.2, 0.25) is 0 Å². The highest BCUT2D eigenvalue weighted by atomic mass is 32.1. The SMILES string of the molecule is CCCCOC(=O)C1CCC(OC(=O)/C(C#N)=C/c2cc3sc(N=Nc4ccc5cc(C(=O)OC)ccc5c4)nc3o2)CC1. The van der Waals surface area contributed by atoms with Gasteiger partial charge in [0.1, 0.15) is 23.5 Å². The summed E-state index contributed by atoms with van der Waals surface area (Å²) in [7, 11) is 1.34. The third-order valence-corrected chi connectivity index (χ3v) is 8.11. The number of benzene rings is 2. The number of methoxy groups -OCH3 is 1. The summed E-state index contributed by atoms with van der Waals surface area (Å²) in [6, 6.07) is 14.3. The van der Waals surface area contributed by atoms with E-state index >= 15 is 0 Å². The van der Waals surface area contributed by atoms with Crippen molar-refractivity contribution in [3.8, 4) is 6.07 Å². The Morgan fingerprint density at radius 1 is 1.09 bits per heavy atom. The highest BCUT2D eigenvalue weighted by Crippen LogP contribution is 2.33. The van der Waals surface area contributed by atoms with E-state index in [-0.39, 0.29) is 29.3 Å². The van der Waals surface area contributed by atoms with Crippen LogP contribution < -0.4 is 0 Å². The van der Waals surface area contributed by atoms with Gasteiger partial charge in [0, 0.05) is 12.1 Å². The normalized spacial score (nSPS) is 17.1. The number of aromatic nitrogens is 1. The Labute approximate surface area is 257 Å². The Bertz CT molecular complexity index is 1760. The number of carbonyl (C=O) groups is 3. The molecule has 2 aromatic heterocycles. The number of fused-ring (bicyclic) bond motifs is 2. The second-order valence-corrected chi connectivity index (χ2v) is 11.3. The van der Waals surface area contributed by atoms with Gasteiger partial charge in [-0.3, -0.25) is 4.79 Å². The van der Waals surface area contributed by atoms with Crippen LogP contribution in [0, 0.1) is 17.2 Å². The molecule has 0 amide bonds. The Morgan fingerprint density at radius 3 is 2.59 bits per heavy atom. The number of furan rings is 1. The Balaban J connectivity index is 1.18. The van der Waals surface area contributed by atoms with E-state index in [0.717, 1.165) is 23.6 Å². The number of carbonyl (C=O) groups excluding carboxylic acids is 3. The second kappa shape index (κ2) is 14.1. The Morgan fingerprint density at radius 2 is 1.86 bits per heavy atom. The van der Waals surface area contributed by atoms with Crippen molar-refractivity contribution in [1.82, 2.24) is 4.98 Å². The summed E-state index contributed by atoms with van der Waals surface area (Å²) in [5.74, 6) is -1.22. The Hall–Kier alpha value is -4.89. The molecule has 226 valence electrons. The quantitative estimate of drug-likeness (QED) is 0.0439. The summed E-state index contributed by atoms with van der Waals surface area (Å²) >= 11 is 1.25. The first-order valence-electron chi connectivity index (χ1n) is 14.3. The van der Waals surface area contributed by atoms with Crippen LogP contribution in [0.5, 0.6) is 0 Å². The monoisotopic (exact) mass is 614 g/mol. The van der Waals surface area contributed by atoms with E-state index in [9.17, 15) is 19.6 Å². The maximum Gasteiger partial charge on any atom is 0.349 e. The van der Waals surface area contributed by atoms with E-state index in [2.05, 4.69) is 15.2 Å². The maximum absolute atomic E-state index is 12.7. The highest BCUT2D eigenvalue weighted by molar-refractivity contribution is 7.21. The number of unbranched alkanes of at least 4 members (excludes halogenated alkanes) is 1. The van der Waals surface area contributed by atoms with Gasteiger partial charge in [-0.15, -0.1) is 10.2 Å². The standard InChI is InChI=1S/C32H30N4O7S/c1-3-4-13-41-30(38)19-8-11-25(12-9-19)43-31(39)23(18-33)16-26-17-27-28(42-26)34-32(44-27)36-35-24-10-7-20-14-22(29(37)40-2)6-5-21(20)15-24/h5-7,10,14-17,19,25H,3-4,8-9,11-13H2,1-2H3/b23-16+,36-35?. The number of nitriles is 1. The average molecular weight is 615 g/mol. The molecule has 0 saturated heterocycles. The van der Waals surface area contributed by atoms with Crippen LogP contribution in [0.15, 0.2) is 62.7 Å². The minimum absolute atomic E-state index is 0.184. The zero-order valence-electron chi connectivity index (χ0n) is 24.3. The average Bonchev–Trinajstić information content (AvgIpc) is 3.60. The molecule has 44 heavy (non-hydrogen) atoms. The van der Waals surface area contributed by atoms with Crippen LogP contribution in [0.25, 0.3) is 27.3 Å².